The highest BCUT2D eigenvalue weighted by atomic mass is 127. The lowest BCUT2D eigenvalue weighted by Gasteiger charge is -2.46. The molecule has 1 aliphatic heterocycles. The molecule has 2 fully saturated rings. The van der Waals surface area contributed by atoms with Crippen LogP contribution in [0.4, 0.5) is 4.39 Å². The normalized spacial score (nSPS) is 23.9. The fraction of sp³-hybridized carbons (Fsp3) is 0.545. The Kier molecular flexibility index (Phi) is 6.27. The maximum absolute atomic E-state index is 13.7. The summed E-state index contributed by atoms with van der Waals surface area (Å²) in [5, 5.41) is 3.49. The number of nitrogens with zero attached hydrogens (tertiary/aromatic N) is 2. The Morgan fingerprint density at radius 1 is 1.18 bits per heavy atom. The van der Waals surface area contributed by atoms with E-state index in [4.69, 9.17) is 9.72 Å². The first-order valence-electron chi connectivity index (χ1n) is 10.2. The first-order chi connectivity index (χ1) is 13.6. The molecular weight excluding hydrogens is 468 g/mol. The molecule has 2 aromatic heterocycles. The van der Waals surface area contributed by atoms with Crippen LogP contribution in [0.5, 0.6) is 0 Å². The van der Waals surface area contributed by atoms with Gasteiger partial charge in [0.05, 0.1) is 5.60 Å². The van der Waals surface area contributed by atoms with E-state index in [2.05, 4.69) is 22.4 Å². The van der Waals surface area contributed by atoms with Crippen LogP contribution in [0.25, 0.3) is 0 Å². The van der Waals surface area contributed by atoms with E-state index in [0.29, 0.717) is 10.2 Å². The van der Waals surface area contributed by atoms with E-state index in [0.717, 1.165) is 38.0 Å². The second-order valence-electron chi connectivity index (χ2n) is 8.20. The molecule has 0 bridgehead atoms. The number of pyridine rings is 2. The molecule has 1 atom stereocenters. The highest BCUT2D eigenvalue weighted by Crippen LogP contribution is 2.49. The molecular formula is C22H27FIN3O. The van der Waals surface area contributed by atoms with Gasteiger partial charge in [-0.3, -0.25) is 4.98 Å². The van der Waals surface area contributed by atoms with Crippen LogP contribution in [0.2, 0.25) is 0 Å². The first kappa shape index (κ1) is 20.2. The van der Waals surface area contributed by atoms with Crippen molar-refractivity contribution < 1.29 is 9.13 Å². The molecule has 0 amide bonds. The van der Waals surface area contributed by atoms with Gasteiger partial charge in [0.2, 0.25) is 0 Å². The van der Waals surface area contributed by atoms with Gasteiger partial charge in [-0.1, -0.05) is 18.9 Å². The van der Waals surface area contributed by atoms with Crippen molar-refractivity contribution in [2.24, 2.45) is 0 Å². The monoisotopic (exact) mass is 495 g/mol. The van der Waals surface area contributed by atoms with Gasteiger partial charge in [-0.25, -0.2) is 9.37 Å². The summed E-state index contributed by atoms with van der Waals surface area (Å²) >= 11 is 1.91. The van der Waals surface area contributed by atoms with Gasteiger partial charge in [0.15, 0.2) is 5.82 Å². The summed E-state index contributed by atoms with van der Waals surface area (Å²) in [6.45, 7) is 2.30. The van der Waals surface area contributed by atoms with E-state index in [9.17, 15) is 4.39 Å². The average Bonchev–Trinajstić information content (AvgIpc) is 3.16. The second-order valence-corrected chi connectivity index (χ2v) is 9.23. The summed E-state index contributed by atoms with van der Waals surface area (Å²) in [4.78, 5) is 8.85. The SMILES string of the molecule is Fc1cc(CNCC[C@@]2(c3ccccn3)CCOC3(CCCC3)C2)cnc1I. The van der Waals surface area contributed by atoms with Gasteiger partial charge in [0.1, 0.15) is 3.70 Å². The van der Waals surface area contributed by atoms with Crippen LogP contribution in [0.15, 0.2) is 36.7 Å². The van der Waals surface area contributed by atoms with Crippen LogP contribution in [-0.4, -0.2) is 28.7 Å². The standard InChI is InChI=1S/C22H27FIN3O/c23-18-13-17(15-27-20(18)24)14-25-11-8-21(19-5-1-4-10-26-19)9-12-28-22(16-21)6-2-3-7-22/h1,4-5,10,13,15,25H,2-3,6-9,11-12,14,16H2/t21-/m1/s1. The van der Waals surface area contributed by atoms with Crippen molar-refractivity contribution in [1.29, 1.82) is 0 Å². The lowest BCUT2D eigenvalue weighted by atomic mass is 9.68. The average molecular weight is 495 g/mol. The molecule has 28 heavy (non-hydrogen) atoms. The van der Waals surface area contributed by atoms with Crippen LogP contribution in [0, 0.1) is 9.52 Å². The molecule has 3 heterocycles. The smallest absolute Gasteiger partial charge is 0.155 e. The molecule has 2 aliphatic rings. The van der Waals surface area contributed by atoms with Crippen LogP contribution in [0.1, 0.15) is 56.2 Å². The highest BCUT2D eigenvalue weighted by molar-refractivity contribution is 14.1. The number of ether oxygens (including phenoxy) is 1. The largest absolute Gasteiger partial charge is 0.375 e. The Hall–Kier alpha value is -1.12. The Bertz CT molecular complexity index is 798. The van der Waals surface area contributed by atoms with Gasteiger partial charge in [0, 0.05) is 36.7 Å². The Balaban J connectivity index is 1.45. The topological polar surface area (TPSA) is 47.0 Å². The third-order valence-electron chi connectivity index (χ3n) is 6.33. The van der Waals surface area contributed by atoms with Gasteiger partial charge in [-0.2, -0.15) is 0 Å². The molecule has 6 heteroatoms. The van der Waals surface area contributed by atoms with Gasteiger partial charge >= 0.3 is 0 Å². The summed E-state index contributed by atoms with van der Waals surface area (Å²) in [6.07, 6.45) is 11.6. The second kappa shape index (κ2) is 8.71. The molecule has 0 aromatic carbocycles. The molecule has 1 saturated carbocycles. The van der Waals surface area contributed by atoms with Crippen molar-refractivity contribution >= 4 is 22.6 Å². The van der Waals surface area contributed by atoms with Gasteiger partial charge in [0.25, 0.3) is 0 Å². The van der Waals surface area contributed by atoms with E-state index in [1.165, 1.54) is 31.4 Å². The predicted octanol–water partition coefficient (Wildman–Crippen LogP) is 4.76. The Morgan fingerprint density at radius 3 is 2.79 bits per heavy atom. The fourth-order valence-corrected chi connectivity index (χ4v) is 5.21. The number of hydrogen-bond donors (Lipinski definition) is 1. The highest BCUT2D eigenvalue weighted by Gasteiger charge is 2.48. The summed E-state index contributed by atoms with van der Waals surface area (Å²) in [5.41, 5.74) is 2.16. The molecule has 0 unspecified atom stereocenters. The summed E-state index contributed by atoms with van der Waals surface area (Å²) < 4.78 is 20.4. The molecule has 1 spiro atoms. The van der Waals surface area contributed by atoms with Crippen molar-refractivity contribution in [2.75, 3.05) is 13.2 Å². The van der Waals surface area contributed by atoms with Crippen molar-refractivity contribution in [3.63, 3.8) is 0 Å². The zero-order chi connectivity index (χ0) is 19.5. The minimum absolute atomic E-state index is 0.0406. The van der Waals surface area contributed by atoms with Gasteiger partial charge in [-0.05, 0) is 85.0 Å². The fourth-order valence-electron chi connectivity index (χ4n) is 4.91. The maximum Gasteiger partial charge on any atom is 0.155 e. The van der Waals surface area contributed by atoms with Crippen molar-refractivity contribution in [3.05, 3.63) is 57.4 Å². The quantitative estimate of drug-likeness (QED) is 0.357. The van der Waals surface area contributed by atoms with Crippen molar-refractivity contribution in [3.8, 4) is 0 Å². The lowest BCUT2D eigenvalue weighted by molar-refractivity contribution is -0.104. The number of nitrogens with one attached hydrogen (secondary N) is 1. The number of rotatable bonds is 6. The Labute approximate surface area is 179 Å². The Morgan fingerprint density at radius 2 is 2.04 bits per heavy atom. The van der Waals surface area contributed by atoms with Crippen LogP contribution in [0.3, 0.4) is 0 Å². The molecule has 1 saturated heterocycles. The summed E-state index contributed by atoms with van der Waals surface area (Å²) in [5.74, 6) is -0.252. The third-order valence-corrected chi connectivity index (χ3v) is 7.13. The number of halogens is 2. The molecule has 4 rings (SSSR count). The first-order valence-corrected chi connectivity index (χ1v) is 11.2. The zero-order valence-corrected chi connectivity index (χ0v) is 18.3. The molecule has 2 aromatic rings. The van der Waals surface area contributed by atoms with Crippen LogP contribution in [-0.2, 0) is 16.7 Å². The number of hydrogen-bond acceptors (Lipinski definition) is 4. The van der Waals surface area contributed by atoms with E-state index in [1.807, 2.05) is 34.9 Å². The summed E-state index contributed by atoms with van der Waals surface area (Å²) in [7, 11) is 0. The van der Waals surface area contributed by atoms with Crippen LogP contribution < -0.4 is 5.32 Å². The minimum atomic E-state index is -0.252. The summed E-state index contributed by atoms with van der Waals surface area (Å²) in [6, 6.07) is 7.82. The zero-order valence-electron chi connectivity index (χ0n) is 16.1. The molecule has 4 nitrogen and oxygen atoms in total. The third kappa shape index (κ3) is 4.39. The van der Waals surface area contributed by atoms with E-state index < -0.39 is 0 Å². The predicted molar refractivity (Wildman–Crippen MR) is 116 cm³/mol. The molecule has 1 N–H and O–H groups in total. The van der Waals surface area contributed by atoms with E-state index >= 15 is 0 Å². The van der Waals surface area contributed by atoms with E-state index in [1.54, 1.807) is 12.3 Å². The molecule has 1 aliphatic carbocycles. The molecule has 0 radical (unpaired) electrons. The minimum Gasteiger partial charge on any atom is -0.375 e. The van der Waals surface area contributed by atoms with Gasteiger partial charge in [-0.15, -0.1) is 0 Å². The molecule has 150 valence electrons. The van der Waals surface area contributed by atoms with Gasteiger partial charge < -0.3 is 10.1 Å². The van der Waals surface area contributed by atoms with Crippen molar-refractivity contribution in [2.45, 2.75) is 62.5 Å². The maximum atomic E-state index is 13.7. The van der Waals surface area contributed by atoms with E-state index in [-0.39, 0.29) is 16.8 Å². The number of aromatic nitrogens is 2. The lowest BCUT2D eigenvalue weighted by Crippen LogP contribution is -2.47. The van der Waals surface area contributed by atoms with Crippen molar-refractivity contribution in [1.82, 2.24) is 15.3 Å². The van der Waals surface area contributed by atoms with Crippen LogP contribution >= 0.6 is 22.6 Å².